The minimum absolute atomic E-state index is 0.116. The molecular formula is C20H17ClN2O. The molecule has 0 aliphatic heterocycles. The molecule has 1 aromatic heterocycles. The third-order valence-corrected chi connectivity index (χ3v) is 3.97. The summed E-state index contributed by atoms with van der Waals surface area (Å²) in [7, 11) is 0. The van der Waals surface area contributed by atoms with Crippen LogP contribution in [0, 0.1) is 0 Å². The van der Waals surface area contributed by atoms with Gasteiger partial charge in [-0.15, -0.1) is 0 Å². The first kappa shape index (κ1) is 16.2. The van der Waals surface area contributed by atoms with Gasteiger partial charge in [0.05, 0.1) is 5.56 Å². The zero-order chi connectivity index (χ0) is 16.8. The molecule has 0 saturated carbocycles. The first-order valence-electron chi connectivity index (χ1n) is 7.75. The number of benzene rings is 2. The molecule has 120 valence electrons. The minimum atomic E-state index is -0.116. The van der Waals surface area contributed by atoms with Crippen LogP contribution in [0.5, 0.6) is 0 Å². The lowest BCUT2D eigenvalue weighted by Gasteiger charge is -2.07. The summed E-state index contributed by atoms with van der Waals surface area (Å²) in [5.41, 5.74) is 3.62. The van der Waals surface area contributed by atoms with Crippen LogP contribution in [0.3, 0.4) is 0 Å². The first-order valence-corrected chi connectivity index (χ1v) is 8.13. The van der Waals surface area contributed by atoms with E-state index in [9.17, 15) is 4.79 Å². The maximum absolute atomic E-state index is 12.3. The van der Waals surface area contributed by atoms with Gasteiger partial charge in [0.1, 0.15) is 0 Å². The van der Waals surface area contributed by atoms with Gasteiger partial charge in [0.2, 0.25) is 0 Å². The SMILES string of the molecule is O=C(NCCc1ccccc1)c1cncc(-c2ccc(Cl)cc2)c1. The molecule has 0 bridgehead atoms. The lowest BCUT2D eigenvalue weighted by molar-refractivity contribution is 0.0954. The molecule has 0 fully saturated rings. The normalized spacial score (nSPS) is 10.4. The monoisotopic (exact) mass is 336 g/mol. The largest absolute Gasteiger partial charge is 0.352 e. The third kappa shape index (κ3) is 4.21. The molecule has 2 aromatic carbocycles. The summed E-state index contributed by atoms with van der Waals surface area (Å²) < 4.78 is 0. The smallest absolute Gasteiger partial charge is 0.252 e. The Morgan fingerprint density at radius 1 is 0.958 bits per heavy atom. The standard InChI is InChI=1S/C20H17ClN2O/c21-19-8-6-16(7-9-19)17-12-18(14-22-13-17)20(24)23-11-10-15-4-2-1-3-5-15/h1-9,12-14H,10-11H2,(H,23,24). The lowest BCUT2D eigenvalue weighted by atomic mass is 10.1. The molecule has 0 spiro atoms. The predicted octanol–water partition coefficient (Wildman–Crippen LogP) is 4.37. The third-order valence-electron chi connectivity index (χ3n) is 3.72. The predicted molar refractivity (Wildman–Crippen MR) is 97.2 cm³/mol. The van der Waals surface area contributed by atoms with Gasteiger partial charge in [-0.05, 0) is 35.7 Å². The van der Waals surface area contributed by atoms with Crippen molar-refractivity contribution in [3.8, 4) is 11.1 Å². The summed E-state index contributed by atoms with van der Waals surface area (Å²) >= 11 is 5.91. The molecule has 1 N–H and O–H groups in total. The highest BCUT2D eigenvalue weighted by Crippen LogP contribution is 2.21. The number of halogens is 1. The minimum Gasteiger partial charge on any atom is -0.352 e. The second-order valence-corrected chi connectivity index (χ2v) is 5.90. The van der Waals surface area contributed by atoms with E-state index in [0.717, 1.165) is 17.5 Å². The number of pyridine rings is 1. The van der Waals surface area contributed by atoms with E-state index in [0.29, 0.717) is 17.1 Å². The number of nitrogens with zero attached hydrogens (tertiary/aromatic N) is 1. The van der Waals surface area contributed by atoms with E-state index in [1.807, 2.05) is 48.5 Å². The van der Waals surface area contributed by atoms with Crippen LogP contribution in [0.25, 0.3) is 11.1 Å². The zero-order valence-electron chi connectivity index (χ0n) is 13.1. The van der Waals surface area contributed by atoms with Crippen molar-refractivity contribution in [2.24, 2.45) is 0 Å². The van der Waals surface area contributed by atoms with E-state index >= 15 is 0 Å². The molecule has 1 heterocycles. The van der Waals surface area contributed by atoms with Crippen LogP contribution in [0.15, 0.2) is 73.1 Å². The van der Waals surface area contributed by atoms with E-state index in [1.165, 1.54) is 5.56 Å². The Morgan fingerprint density at radius 2 is 1.71 bits per heavy atom. The number of hydrogen-bond acceptors (Lipinski definition) is 2. The fraction of sp³-hybridized carbons (Fsp3) is 0.100. The van der Waals surface area contributed by atoms with Crippen LogP contribution in [0.4, 0.5) is 0 Å². The van der Waals surface area contributed by atoms with Gasteiger partial charge in [-0.1, -0.05) is 54.1 Å². The van der Waals surface area contributed by atoms with Crippen molar-refractivity contribution in [1.82, 2.24) is 10.3 Å². The summed E-state index contributed by atoms with van der Waals surface area (Å²) in [5.74, 6) is -0.116. The summed E-state index contributed by atoms with van der Waals surface area (Å²) in [6.07, 6.45) is 4.12. The Kier molecular flexibility index (Phi) is 5.24. The van der Waals surface area contributed by atoms with Crippen LogP contribution in [0.2, 0.25) is 5.02 Å². The highest BCUT2D eigenvalue weighted by atomic mass is 35.5. The van der Waals surface area contributed by atoms with Crippen molar-refractivity contribution < 1.29 is 4.79 Å². The van der Waals surface area contributed by atoms with E-state index in [1.54, 1.807) is 12.4 Å². The van der Waals surface area contributed by atoms with Gasteiger partial charge < -0.3 is 5.32 Å². The lowest BCUT2D eigenvalue weighted by Crippen LogP contribution is -2.25. The number of nitrogens with one attached hydrogen (secondary N) is 1. The number of aromatic nitrogens is 1. The van der Waals surface area contributed by atoms with Gasteiger partial charge in [0.15, 0.2) is 0 Å². The Morgan fingerprint density at radius 3 is 2.46 bits per heavy atom. The molecular weight excluding hydrogens is 320 g/mol. The second-order valence-electron chi connectivity index (χ2n) is 5.46. The topological polar surface area (TPSA) is 42.0 Å². The molecule has 3 aromatic rings. The summed E-state index contributed by atoms with van der Waals surface area (Å²) in [6, 6.07) is 19.4. The fourth-order valence-corrected chi connectivity index (χ4v) is 2.56. The van der Waals surface area contributed by atoms with Crippen molar-refractivity contribution in [3.05, 3.63) is 89.2 Å². The second kappa shape index (κ2) is 7.75. The van der Waals surface area contributed by atoms with Crippen LogP contribution in [-0.4, -0.2) is 17.4 Å². The zero-order valence-corrected chi connectivity index (χ0v) is 13.8. The van der Waals surface area contributed by atoms with Gasteiger partial charge in [-0.25, -0.2) is 0 Å². The maximum Gasteiger partial charge on any atom is 0.252 e. The number of carbonyl (C=O) groups excluding carboxylic acids is 1. The van der Waals surface area contributed by atoms with Crippen molar-refractivity contribution in [2.75, 3.05) is 6.54 Å². The van der Waals surface area contributed by atoms with Crippen LogP contribution in [-0.2, 0) is 6.42 Å². The quantitative estimate of drug-likeness (QED) is 0.751. The highest BCUT2D eigenvalue weighted by molar-refractivity contribution is 6.30. The first-order chi connectivity index (χ1) is 11.7. The van der Waals surface area contributed by atoms with Crippen molar-refractivity contribution >= 4 is 17.5 Å². The highest BCUT2D eigenvalue weighted by Gasteiger charge is 2.07. The average Bonchev–Trinajstić information content (AvgIpc) is 2.63. The van der Waals surface area contributed by atoms with E-state index in [2.05, 4.69) is 22.4 Å². The summed E-state index contributed by atoms with van der Waals surface area (Å²) in [4.78, 5) is 16.5. The van der Waals surface area contributed by atoms with Crippen molar-refractivity contribution in [2.45, 2.75) is 6.42 Å². The molecule has 1 amide bonds. The summed E-state index contributed by atoms with van der Waals surface area (Å²) in [5, 5.41) is 3.62. The molecule has 0 radical (unpaired) electrons. The van der Waals surface area contributed by atoms with Crippen LogP contribution in [0.1, 0.15) is 15.9 Å². The fourth-order valence-electron chi connectivity index (χ4n) is 2.43. The maximum atomic E-state index is 12.3. The van der Waals surface area contributed by atoms with Crippen molar-refractivity contribution in [1.29, 1.82) is 0 Å². The van der Waals surface area contributed by atoms with Gasteiger partial charge in [-0.3, -0.25) is 9.78 Å². The number of rotatable bonds is 5. The molecule has 3 rings (SSSR count). The Hall–Kier alpha value is -2.65. The van der Waals surface area contributed by atoms with E-state index in [4.69, 9.17) is 11.6 Å². The Balaban J connectivity index is 1.65. The number of hydrogen-bond donors (Lipinski definition) is 1. The number of carbonyl (C=O) groups is 1. The average molecular weight is 337 g/mol. The molecule has 0 atom stereocenters. The molecule has 0 saturated heterocycles. The number of amides is 1. The van der Waals surface area contributed by atoms with E-state index in [-0.39, 0.29) is 5.91 Å². The van der Waals surface area contributed by atoms with Gasteiger partial charge >= 0.3 is 0 Å². The molecule has 24 heavy (non-hydrogen) atoms. The van der Waals surface area contributed by atoms with E-state index < -0.39 is 0 Å². The Labute approximate surface area is 146 Å². The van der Waals surface area contributed by atoms with Crippen molar-refractivity contribution in [3.63, 3.8) is 0 Å². The van der Waals surface area contributed by atoms with Gasteiger partial charge in [0, 0.05) is 29.5 Å². The van der Waals surface area contributed by atoms with Crippen LogP contribution >= 0.6 is 11.6 Å². The molecule has 3 nitrogen and oxygen atoms in total. The Bertz CT molecular complexity index is 817. The molecule has 0 unspecified atom stereocenters. The summed E-state index contributed by atoms with van der Waals surface area (Å²) in [6.45, 7) is 0.591. The molecule has 0 aliphatic carbocycles. The van der Waals surface area contributed by atoms with Gasteiger partial charge in [0.25, 0.3) is 5.91 Å². The van der Waals surface area contributed by atoms with Gasteiger partial charge in [-0.2, -0.15) is 0 Å². The molecule has 0 aliphatic rings. The molecule has 4 heteroatoms. The van der Waals surface area contributed by atoms with Crippen LogP contribution < -0.4 is 5.32 Å².